The van der Waals surface area contributed by atoms with Crippen molar-refractivity contribution in [3.05, 3.63) is 33.8 Å². The predicted molar refractivity (Wildman–Crippen MR) is 83.0 cm³/mol. The standard InChI is InChI=1S/C14H16Cl2O4S/c1-8-13(5-6-20-8)21(18,19)9(2)14(17)11-4-3-10(15)7-12(11)16/h3-4,7-9,13H,5-6H2,1-2H3. The third-order valence-electron chi connectivity index (χ3n) is 3.79. The van der Waals surface area contributed by atoms with Crippen LogP contribution in [0.3, 0.4) is 0 Å². The normalized spacial score (nSPS) is 24.0. The van der Waals surface area contributed by atoms with Crippen LogP contribution in [0.2, 0.25) is 10.0 Å². The summed E-state index contributed by atoms with van der Waals surface area (Å²) in [7, 11) is -3.63. The van der Waals surface area contributed by atoms with Gasteiger partial charge in [-0.1, -0.05) is 23.2 Å². The lowest BCUT2D eigenvalue weighted by Gasteiger charge is -2.20. The van der Waals surface area contributed by atoms with Gasteiger partial charge in [-0.3, -0.25) is 4.79 Å². The molecule has 0 N–H and O–H groups in total. The second kappa shape index (κ2) is 6.24. The molecule has 1 aliphatic heterocycles. The van der Waals surface area contributed by atoms with Gasteiger partial charge in [-0.15, -0.1) is 0 Å². The molecule has 1 aromatic carbocycles. The summed E-state index contributed by atoms with van der Waals surface area (Å²) in [6, 6.07) is 4.39. The monoisotopic (exact) mass is 350 g/mol. The van der Waals surface area contributed by atoms with E-state index >= 15 is 0 Å². The minimum Gasteiger partial charge on any atom is -0.377 e. The summed E-state index contributed by atoms with van der Waals surface area (Å²) in [5.41, 5.74) is 0.170. The molecule has 0 saturated carbocycles. The number of sulfone groups is 1. The Labute approximate surface area is 134 Å². The van der Waals surface area contributed by atoms with Crippen LogP contribution in [0, 0.1) is 0 Å². The van der Waals surface area contributed by atoms with Crippen LogP contribution in [0.5, 0.6) is 0 Å². The molecule has 0 radical (unpaired) electrons. The number of benzene rings is 1. The Morgan fingerprint density at radius 2 is 2.05 bits per heavy atom. The number of carbonyl (C=O) groups excluding carboxylic acids is 1. The SMILES string of the molecule is CC1OCCC1S(=O)(=O)C(C)C(=O)c1ccc(Cl)cc1Cl. The largest absolute Gasteiger partial charge is 0.377 e. The van der Waals surface area contributed by atoms with Gasteiger partial charge >= 0.3 is 0 Å². The molecular formula is C14H16Cl2O4S. The topological polar surface area (TPSA) is 60.4 Å². The predicted octanol–water partition coefficient (Wildman–Crippen LogP) is 3.16. The smallest absolute Gasteiger partial charge is 0.182 e. The Hall–Kier alpha value is -0.620. The fourth-order valence-corrected chi connectivity index (χ4v) is 4.95. The van der Waals surface area contributed by atoms with Gasteiger partial charge in [0.2, 0.25) is 0 Å². The van der Waals surface area contributed by atoms with E-state index in [1.165, 1.54) is 25.1 Å². The number of ketones is 1. The molecule has 4 nitrogen and oxygen atoms in total. The highest BCUT2D eigenvalue weighted by Gasteiger charge is 2.42. The van der Waals surface area contributed by atoms with Gasteiger partial charge in [0.05, 0.1) is 16.4 Å². The second-order valence-electron chi connectivity index (χ2n) is 5.12. The summed E-state index contributed by atoms with van der Waals surface area (Å²) in [4.78, 5) is 12.4. The van der Waals surface area contributed by atoms with E-state index in [0.717, 1.165) is 0 Å². The van der Waals surface area contributed by atoms with Gasteiger partial charge < -0.3 is 4.74 Å². The Morgan fingerprint density at radius 1 is 1.38 bits per heavy atom. The molecule has 7 heteroatoms. The minimum atomic E-state index is -3.63. The molecule has 1 aromatic rings. The van der Waals surface area contributed by atoms with Crippen molar-refractivity contribution in [1.29, 1.82) is 0 Å². The van der Waals surface area contributed by atoms with Gasteiger partial charge in [-0.05, 0) is 38.5 Å². The van der Waals surface area contributed by atoms with Gasteiger partial charge in [0.15, 0.2) is 15.6 Å². The number of carbonyl (C=O) groups is 1. The van der Waals surface area contributed by atoms with Crippen molar-refractivity contribution in [2.24, 2.45) is 0 Å². The Bertz CT molecular complexity index is 657. The Kier molecular flexibility index (Phi) is 4.98. The van der Waals surface area contributed by atoms with E-state index in [2.05, 4.69) is 0 Å². The van der Waals surface area contributed by atoms with E-state index in [-0.39, 0.29) is 10.6 Å². The maximum atomic E-state index is 12.6. The zero-order valence-electron chi connectivity index (χ0n) is 11.7. The zero-order chi connectivity index (χ0) is 15.8. The van der Waals surface area contributed by atoms with Gasteiger partial charge in [-0.2, -0.15) is 0 Å². The quantitative estimate of drug-likeness (QED) is 0.782. The lowest BCUT2D eigenvalue weighted by molar-refractivity contribution is 0.0990. The van der Waals surface area contributed by atoms with E-state index in [4.69, 9.17) is 27.9 Å². The first-order valence-corrected chi connectivity index (χ1v) is 8.95. The maximum absolute atomic E-state index is 12.6. The Morgan fingerprint density at radius 3 is 2.57 bits per heavy atom. The van der Waals surface area contributed by atoms with Crippen molar-refractivity contribution in [2.45, 2.75) is 36.9 Å². The van der Waals surface area contributed by atoms with E-state index in [0.29, 0.717) is 18.1 Å². The third kappa shape index (κ3) is 3.26. The fraction of sp³-hybridized carbons (Fsp3) is 0.500. The van der Waals surface area contributed by atoms with Crippen molar-refractivity contribution in [2.75, 3.05) is 6.61 Å². The molecule has 3 unspecified atom stereocenters. The molecule has 116 valence electrons. The molecule has 0 amide bonds. The molecule has 1 fully saturated rings. The highest BCUT2D eigenvalue weighted by atomic mass is 35.5. The van der Waals surface area contributed by atoms with Crippen molar-refractivity contribution in [3.63, 3.8) is 0 Å². The first-order valence-electron chi connectivity index (χ1n) is 6.58. The molecule has 1 saturated heterocycles. The highest BCUT2D eigenvalue weighted by Crippen LogP contribution is 2.28. The van der Waals surface area contributed by atoms with Gasteiger partial charge in [0.1, 0.15) is 5.25 Å². The van der Waals surface area contributed by atoms with Gasteiger partial charge in [-0.25, -0.2) is 8.42 Å². The van der Waals surface area contributed by atoms with Gasteiger partial charge in [0, 0.05) is 17.2 Å². The zero-order valence-corrected chi connectivity index (χ0v) is 14.0. The molecule has 2 rings (SSSR count). The van der Waals surface area contributed by atoms with Crippen molar-refractivity contribution >= 4 is 38.8 Å². The van der Waals surface area contributed by atoms with Crippen molar-refractivity contribution < 1.29 is 17.9 Å². The van der Waals surface area contributed by atoms with E-state index in [1.807, 2.05) is 0 Å². The third-order valence-corrected chi connectivity index (χ3v) is 7.00. The number of Topliss-reactive ketones (excluding diaryl/α,β-unsaturated/α-hetero) is 1. The molecule has 1 aliphatic rings. The fourth-order valence-electron chi connectivity index (χ4n) is 2.46. The number of hydrogen-bond donors (Lipinski definition) is 0. The summed E-state index contributed by atoms with van der Waals surface area (Å²) in [5.74, 6) is -0.518. The number of ether oxygens (including phenoxy) is 1. The first kappa shape index (κ1) is 16.7. The molecule has 21 heavy (non-hydrogen) atoms. The van der Waals surface area contributed by atoms with Crippen LogP contribution < -0.4 is 0 Å². The lowest BCUT2D eigenvalue weighted by Crippen LogP contribution is -2.39. The number of rotatable bonds is 4. The lowest BCUT2D eigenvalue weighted by atomic mass is 10.1. The minimum absolute atomic E-state index is 0.158. The summed E-state index contributed by atoms with van der Waals surface area (Å²) >= 11 is 11.8. The van der Waals surface area contributed by atoms with E-state index < -0.39 is 32.2 Å². The molecular weight excluding hydrogens is 335 g/mol. The summed E-state index contributed by atoms with van der Waals surface area (Å²) in [6.45, 7) is 3.50. The molecule has 0 aromatic heterocycles. The molecule has 1 heterocycles. The highest BCUT2D eigenvalue weighted by molar-refractivity contribution is 7.93. The number of hydrogen-bond acceptors (Lipinski definition) is 4. The molecule has 0 spiro atoms. The van der Waals surface area contributed by atoms with Crippen LogP contribution >= 0.6 is 23.2 Å². The van der Waals surface area contributed by atoms with Crippen molar-refractivity contribution in [1.82, 2.24) is 0 Å². The average molecular weight is 351 g/mol. The summed E-state index contributed by atoms with van der Waals surface area (Å²) in [5, 5.41) is -1.26. The van der Waals surface area contributed by atoms with Crippen LogP contribution in [0.1, 0.15) is 30.6 Å². The van der Waals surface area contributed by atoms with Crippen LogP contribution in [-0.2, 0) is 14.6 Å². The average Bonchev–Trinajstić information content (AvgIpc) is 2.84. The summed E-state index contributed by atoms with van der Waals surface area (Å²) in [6.07, 6.45) is 0.0149. The second-order valence-corrected chi connectivity index (χ2v) is 8.46. The maximum Gasteiger partial charge on any atom is 0.182 e. The molecule has 3 atom stereocenters. The molecule has 0 bridgehead atoms. The van der Waals surface area contributed by atoms with Crippen LogP contribution in [0.25, 0.3) is 0 Å². The summed E-state index contributed by atoms with van der Waals surface area (Å²) < 4.78 is 30.4. The van der Waals surface area contributed by atoms with Crippen molar-refractivity contribution in [3.8, 4) is 0 Å². The van der Waals surface area contributed by atoms with E-state index in [9.17, 15) is 13.2 Å². The van der Waals surface area contributed by atoms with Crippen LogP contribution in [0.15, 0.2) is 18.2 Å². The van der Waals surface area contributed by atoms with Crippen LogP contribution in [-0.4, -0.2) is 37.4 Å². The Balaban J connectivity index is 2.30. The number of halogens is 2. The van der Waals surface area contributed by atoms with Gasteiger partial charge in [0.25, 0.3) is 0 Å². The first-order chi connectivity index (χ1) is 9.75. The molecule has 0 aliphatic carbocycles. The van der Waals surface area contributed by atoms with Crippen LogP contribution in [0.4, 0.5) is 0 Å². The van der Waals surface area contributed by atoms with E-state index in [1.54, 1.807) is 6.92 Å².